The van der Waals surface area contributed by atoms with Crippen LogP contribution in [-0.4, -0.2) is 58.1 Å². The van der Waals surface area contributed by atoms with Crippen molar-refractivity contribution in [2.24, 2.45) is 0 Å². The van der Waals surface area contributed by atoms with Crippen LogP contribution in [0.15, 0.2) is 0 Å². The van der Waals surface area contributed by atoms with E-state index in [-0.39, 0.29) is 17.3 Å². The molecule has 5 heteroatoms. The van der Waals surface area contributed by atoms with Gasteiger partial charge in [0.1, 0.15) is 9.84 Å². The SMILES string of the molecule is CNC(CCS(C)(=O)=O)C1(N(C)C)CCCCC1. The van der Waals surface area contributed by atoms with Crippen LogP contribution in [0.25, 0.3) is 0 Å². The van der Waals surface area contributed by atoms with E-state index in [1.54, 1.807) is 0 Å². The van der Waals surface area contributed by atoms with E-state index in [1.165, 1.54) is 25.5 Å². The molecule has 0 heterocycles. The Bertz CT molecular complexity index is 346. The summed E-state index contributed by atoms with van der Waals surface area (Å²) in [5.41, 5.74) is 0.123. The third-order valence-electron chi connectivity index (χ3n) is 4.38. The molecule has 0 aromatic rings. The number of nitrogens with one attached hydrogen (secondary N) is 1. The van der Waals surface area contributed by atoms with E-state index in [9.17, 15) is 8.42 Å². The van der Waals surface area contributed by atoms with Gasteiger partial charge in [-0.15, -0.1) is 0 Å². The van der Waals surface area contributed by atoms with Gasteiger partial charge in [0.15, 0.2) is 0 Å². The second kappa shape index (κ2) is 6.35. The standard InChI is InChI=1S/C13H28N2O2S/c1-14-12(8-11-18(4,16)17)13(15(2)3)9-6-5-7-10-13/h12,14H,5-11H2,1-4H3. The Labute approximate surface area is 112 Å². The van der Waals surface area contributed by atoms with Gasteiger partial charge >= 0.3 is 0 Å². The van der Waals surface area contributed by atoms with Crippen molar-refractivity contribution in [2.75, 3.05) is 33.2 Å². The highest BCUT2D eigenvalue weighted by Gasteiger charge is 2.40. The molecule has 0 aromatic carbocycles. The monoisotopic (exact) mass is 276 g/mol. The molecule has 18 heavy (non-hydrogen) atoms. The summed E-state index contributed by atoms with van der Waals surface area (Å²) in [5, 5.41) is 3.36. The van der Waals surface area contributed by atoms with Crippen LogP contribution >= 0.6 is 0 Å². The summed E-state index contributed by atoms with van der Waals surface area (Å²) < 4.78 is 22.7. The van der Waals surface area contributed by atoms with Crippen LogP contribution < -0.4 is 5.32 Å². The Morgan fingerprint density at radius 1 is 1.22 bits per heavy atom. The molecule has 1 atom stereocenters. The van der Waals surface area contributed by atoms with Crippen molar-refractivity contribution in [1.29, 1.82) is 0 Å². The molecule has 1 aliphatic rings. The summed E-state index contributed by atoms with van der Waals surface area (Å²) in [5.74, 6) is 0.272. The van der Waals surface area contributed by atoms with Crippen LogP contribution in [0.5, 0.6) is 0 Å². The highest BCUT2D eigenvalue weighted by atomic mass is 32.2. The summed E-state index contributed by atoms with van der Waals surface area (Å²) in [7, 11) is 3.31. The summed E-state index contributed by atoms with van der Waals surface area (Å²) in [6.07, 6.45) is 8.14. The topological polar surface area (TPSA) is 49.4 Å². The lowest BCUT2D eigenvalue weighted by Crippen LogP contribution is -2.59. The number of likely N-dealkylation sites (N-methyl/N-ethyl adjacent to an activating group) is 2. The van der Waals surface area contributed by atoms with Crippen molar-refractivity contribution in [3.63, 3.8) is 0 Å². The third-order valence-corrected chi connectivity index (χ3v) is 5.36. The second-order valence-corrected chi connectivity index (χ2v) is 8.08. The molecule has 1 aliphatic carbocycles. The summed E-state index contributed by atoms with van der Waals surface area (Å²) in [6, 6.07) is 0.252. The van der Waals surface area contributed by atoms with Crippen LogP contribution in [0.1, 0.15) is 38.5 Å². The van der Waals surface area contributed by atoms with Gasteiger partial charge in [-0.05, 0) is 40.4 Å². The number of nitrogens with zero attached hydrogens (tertiary/aromatic N) is 1. The van der Waals surface area contributed by atoms with Gasteiger partial charge in [-0.3, -0.25) is 0 Å². The molecular weight excluding hydrogens is 248 g/mol. The molecule has 1 rings (SSSR count). The van der Waals surface area contributed by atoms with E-state index in [4.69, 9.17) is 0 Å². The van der Waals surface area contributed by atoms with Crippen LogP contribution in [-0.2, 0) is 9.84 Å². The van der Waals surface area contributed by atoms with Crippen molar-refractivity contribution in [3.05, 3.63) is 0 Å². The minimum absolute atomic E-state index is 0.123. The van der Waals surface area contributed by atoms with Crippen LogP contribution in [0.2, 0.25) is 0 Å². The van der Waals surface area contributed by atoms with Gasteiger partial charge in [0.25, 0.3) is 0 Å². The highest BCUT2D eigenvalue weighted by Crippen LogP contribution is 2.36. The van der Waals surface area contributed by atoms with E-state index in [1.807, 2.05) is 7.05 Å². The number of rotatable bonds is 6. The Morgan fingerprint density at radius 3 is 2.17 bits per heavy atom. The maximum atomic E-state index is 11.4. The van der Waals surface area contributed by atoms with Gasteiger partial charge in [-0.25, -0.2) is 8.42 Å². The molecule has 1 fully saturated rings. The van der Waals surface area contributed by atoms with E-state index < -0.39 is 9.84 Å². The van der Waals surface area contributed by atoms with Gasteiger partial charge in [0.05, 0.1) is 5.75 Å². The first-order valence-corrected chi connectivity index (χ1v) is 8.90. The van der Waals surface area contributed by atoms with Gasteiger partial charge in [-0.2, -0.15) is 0 Å². The van der Waals surface area contributed by atoms with E-state index >= 15 is 0 Å². The smallest absolute Gasteiger partial charge is 0.147 e. The maximum Gasteiger partial charge on any atom is 0.147 e. The van der Waals surface area contributed by atoms with E-state index in [0.29, 0.717) is 6.42 Å². The quantitative estimate of drug-likeness (QED) is 0.794. The molecule has 1 unspecified atom stereocenters. The predicted molar refractivity (Wildman–Crippen MR) is 76.7 cm³/mol. The van der Waals surface area contributed by atoms with Crippen LogP contribution in [0.4, 0.5) is 0 Å². The Kier molecular flexibility index (Phi) is 5.62. The van der Waals surface area contributed by atoms with Crippen LogP contribution in [0, 0.1) is 0 Å². The zero-order valence-electron chi connectivity index (χ0n) is 12.2. The van der Waals surface area contributed by atoms with Gasteiger partial charge in [0.2, 0.25) is 0 Å². The van der Waals surface area contributed by atoms with Crippen molar-refractivity contribution < 1.29 is 8.42 Å². The van der Waals surface area contributed by atoms with E-state index in [0.717, 1.165) is 12.8 Å². The van der Waals surface area contributed by atoms with Gasteiger partial charge < -0.3 is 10.2 Å². The molecule has 0 radical (unpaired) electrons. The molecule has 0 spiro atoms. The molecule has 0 aromatic heterocycles. The van der Waals surface area contributed by atoms with Crippen molar-refractivity contribution in [1.82, 2.24) is 10.2 Å². The third kappa shape index (κ3) is 3.93. The lowest BCUT2D eigenvalue weighted by Gasteiger charge is -2.48. The fourth-order valence-electron chi connectivity index (χ4n) is 3.28. The summed E-state index contributed by atoms with van der Waals surface area (Å²) in [6.45, 7) is 0. The first-order valence-electron chi connectivity index (χ1n) is 6.84. The van der Waals surface area contributed by atoms with E-state index in [2.05, 4.69) is 24.3 Å². The first kappa shape index (κ1) is 15.9. The molecule has 0 bridgehead atoms. The normalized spacial score (nSPS) is 22.1. The fourth-order valence-corrected chi connectivity index (χ4v) is 3.95. The maximum absolute atomic E-state index is 11.4. The average Bonchev–Trinajstić information content (AvgIpc) is 2.29. The predicted octanol–water partition coefficient (Wildman–Crippen LogP) is 1.27. The molecule has 0 amide bonds. The molecule has 0 saturated heterocycles. The Balaban J connectivity index is 2.80. The first-order chi connectivity index (χ1) is 8.32. The Morgan fingerprint density at radius 2 is 1.78 bits per heavy atom. The zero-order valence-corrected chi connectivity index (χ0v) is 13.0. The summed E-state index contributed by atoms with van der Waals surface area (Å²) >= 11 is 0. The second-order valence-electron chi connectivity index (χ2n) is 5.82. The highest BCUT2D eigenvalue weighted by molar-refractivity contribution is 7.90. The molecule has 0 aliphatic heterocycles. The molecule has 108 valence electrons. The van der Waals surface area contributed by atoms with Crippen molar-refractivity contribution in [2.45, 2.75) is 50.1 Å². The number of hydrogen-bond acceptors (Lipinski definition) is 4. The molecule has 4 nitrogen and oxygen atoms in total. The Hall–Kier alpha value is -0.130. The van der Waals surface area contributed by atoms with Gasteiger partial charge in [-0.1, -0.05) is 19.3 Å². The minimum Gasteiger partial charge on any atom is -0.315 e. The van der Waals surface area contributed by atoms with Gasteiger partial charge in [0, 0.05) is 17.8 Å². The fraction of sp³-hybridized carbons (Fsp3) is 1.00. The zero-order chi connectivity index (χ0) is 13.8. The van der Waals surface area contributed by atoms with Crippen LogP contribution in [0.3, 0.4) is 0 Å². The van der Waals surface area contributed by atoms with Crippen molar-refractivity contribution in [3.8, 4) is 0 Å². The lowest BCUT2D eigenvalue weighted by molar-refractivity contribution is 0.0586. The lowest BCUT2D eigenvalue weighted by atomic mass is 9.74. The number of hydrogen-bond donors (Lipinski definition) is 1. The minimum atomic E-state index is -2.88. The molecule has 1 N–H and O–H groups in total. The van der Waals surface area contributed by atoms with Crippen molar-refractivity contribution >= 4 is 9.84 Å². The summed E-state index contributed by atoms with van der Waals surface area (Å²) in [4.78, 5) is 2.30. The largest absolute Gasteiger partial charge is 0.315 e. The average molecular weight is 276 g/mol. The molecule has 1 saturated carbocycles. The molecular formula is C13H28N2O2S. The number of sulfone groups is 1.